The van der Waals surface area contributed by atoms with Gasteiger partial charge in [-0.25, -0.2) is 0 Å². The number of hydrogen-bond acceptors (Lipinski definition) is 4. The molecule has 158 valence electrons. The van der Waals surface area contributed by atoms with E-state index in [4.69, 9.17) is 0 Å². The Hall–Kier alpha value is -4.28. The molecule has 0 aliphatic heterocycles. The maximum atomic E-state index is 12.5. The fourth-order valence-corrected chi connectivity index (χ4v) is 4.76. The van der Waals surface area contributed by atoms with E-state index >= 15 is 0 Å². The molecule has 1 aliphatic rings. The quantitative estimate of drug-likeness (QED) is 0.370. The summed E-state index contributed by atoms with van der Waals surface area (Å²) < 4.78 is 0. The van der Waals surface area contributed by atoms with Gasteiger partial charge >= 0.3 is 0 Å². The van der Waals surface area contributed by atoms with Gasteiger partial charge in [0.25, 0.3) is 0 Å². The average molecular weight is 428 g/mol. The zero-order valence-corrected chi connectivity index (χ0v) is 17.8. The van der Waals surface area contributed by atoms with Crippen molar-refractivity contribution in [1.82, 2.24) is 9.97 Å². The second kappa shape index (κ2) is 7.69. The minimum atomic E-state index is -1.38. The van der Waals surface area contributed by atoms with Gasteiger partial charge in [0.05, 0.1) is 17.1 Å². The average Bonchev–Trinajstić information content (AvgIpc) is 3.16. The zero-order chi connectivity index (χ0) is 22.3. The van der Waals surface area contributed by atoms with E-state index in [1.807, 2.05) is 78.9 Å². The van der Waals surface area contributed by atoms with Crippen molar-refractivity contribution >= 4 is 17.1 Å². The van der Waals surface area contributed by atoms with Crippen LogP contribution in [0.4, 0.5) is 17.1 Å². The highest BCUT2D eigenvalue weighted by Gasteiger charge is 2.46. The predicted octanol–water partition coefficient (Wildman–Crippen LogP) is 6.21. The van der Waals surface area contributed by atoms with Crippen molar-refractivity contribution in [1.29, 1.82) is 0 Å². The standard InChI is InChI=1S/C29H21N3O/c33-29(24-16-9-19-30-27(24)28-25(29)17-10-20-31-28)23-15-7-8-18-26(23)32(21-11-3-1-4-12-21)22-13-5-2-6-14-22/h1-20,33H. The summed E-state index contributed by atoms with van der Waals surface area (Å²) in [5.41, 5.74) is 5.23. The molecule has 2 aromatic heterocycles. The van der Waals surface area contributed by atoms with Crippen molar-refractivity contribution in [2.45, 2.75) is 5.60 Å². The van der Waals surface area contributed by atoms with Crippen molar-refractivity contribution in [3.05, 3.63) is 138 Å². The van der Waals surface area contributed by atoms with Gasteiger partial charge in [-0.2, -0.15) is 0 Å². The van der Waals surface area contributed by atoms with Crippen molar-refractivity contribution in [2.75, 3.05) is 4.90 Å². The summed E-state index contributed by atoms with van der Waals surface area (Å²) in [4.78, 5) is 11.3. The maximum Gasteiger partial charge on any atom is 0.146 e. The van der Waals surface area contributed by atoms with Gasteiger partial charge in [-0.3, -0.25) is 9.97 Å². The van der Waals surface area contributed by atoms with Crippen LogP contribution in [-0.4, -0.2) is 15.1 Å². The highest BCUT2D eigenvalue weighted by atomic mass is 16.3. The van der Waals surface area contributed by atoms with Crippen LogP contribution in [-0.2, 0) is 5.60 Å². The van der Waals surface area contributed by atoms with Crippen LogP contribution in [0.15, 0.2) is 122 Å². The first kappa shape index (κ1) is 19.4. The number of rotatable bonds is 4. The number of pyridine rings is 2. The maximum absolute atomic E-state index is 12.5. The molecule has 0 spiro atoms. The molecular weight excluding hydrogens is 406 g/mol. The molecule has 0 unspecified atom stereocenters. The molecular formula is C29H21N3O. The first-order valence-electron chi connectivity index (χ1n) is 10.9. The van der Waals surface area contributed by atoms with E-state index in [1.165, 1.54) is 0 Å². The fraction of sp³-hybridized carbons (Fsp3) is 0.0345. The second-order valence-electron chi connectivity index (χ2n) is 8.03. The molecule has 0 amide bonds. The van der Waals surface area contributed by atoms with E-state index < -0.39 is 5.60 Å². The van der Waals surface area contributed by atoms with E-state index in [0.29, 0.717) is 0 Å². The molecule has 1 aliphatic carbocycles. The Morgan fingerprint density at radius 3 is 1.52 bits per heavy atom. The normalized spacial score (nSPS) is 13.2. The molecule has 33 heavy (non-hydrogen) atoms. The van der Waals surface area contributed by atoms with E-state index in [-0.39, 0.29) is 0 Å². The third-order valence-electron chi connectivity index (χ3n) is 6.18. The molecule has 3 aromatic carbocycles. The lowest BCUT2D eigenvalue weighted by Gasteiger charge is -2.33. The number of aliphatic hydroxyl groups is 1. The molecule has 0 saturated heterocycles. The Morgan fingerprint density at radius 1 is 0.515 bits per heavy atom. The number of hydrogen-bond donors (Lipinski definition) is 1. The lowest BCUT2D eigenvalue weighted by molar-refractivity contribution is 0.131. The van der Waals surface area contributed by atoms with Crippen molar-refractivity contribution in [3.8, 4) is 11.4 Å². The van der Waals surface area contributed by atoms with Crippen LogP contribution in [0.1, 0.15) is 16.7 Å². The Labute approximate surface area is 192 Å². The molecule has 0 bridgehead atoms. The smallest absolute Gasteiger partial charge is 0.146 e. The molecule has 4 heteroatoms. The molecule has 1 N–H and O–H groups in total. The van der Waals surface area contributed by atoms with Crippen LogP contribution in [0.5, 0.6) is 0 Å². The minimum absolute atomic E-state index is 0.719. The van der Waals surface area contributed by atoms with Gasteiger partial charge in [0.15, 0.2) is 0 Å². The van der Waals surface area contributed by atoms with E-state index in [9.17, 15) is 5.11 Å². The number of nitrogens with zero attached hydrogens (tertiary/aromatic N) is 3. The fourth-order valence-electron chi connectivity index (χ4n) is 4.76. The SMILES string of the molecule is OC1(c2ccccc2N(c2ccccc2)c2ccccc2)c2cccnc2-c2ncccc21. The number of para-hydroxylation sites is 3. The lowest BCUT2D eigenvalue weighted by Crippen LogP contribution is -2.29. The third kappa shape index (κ3) is 2.96. The molecule has 0 fully saturated rings. The van der Waals surface area contributed by atoms with E-state index in [0.717, 1.165) is 45.1 Å². The third-order valence-corrected chi connectivity index (χ3v) is 6.18. The van der Waals surface area contributed by atoms with E-state index in [1.54, 1.807) is 12.4 Å². The Kier molecular flexibility index (Phi) is 4.52. The second-order valence-corrected chi connectivity index (χ2v) is 8.03. The molecule has 5 aromatic rings. The van der Waals surface area contributed by atoms with E-state index in [2.05, 4.69) is 45.2 Å². The van der Waals surface area contributed by atoms with Gasteiger partial charge in [0.2, 0.25) is 0 Å². The number of benzene rings is 3. The molecule has 0 saturated carbocycles. The Balaban J connectivity index is 1.65. The van der Waals surface area contributed by atoms with Gasteiger partial charge in [0, 0.05) is 40.5 Å². The summed E-state index contributed by atoms with van der Waals surface area (Å²) >= 11 is 0. The van der Waals surface area contributed by atoms with Gasteiger partial charge in [-0.15, -0.1) is 0 Å². The van der Waals surface area contributed by atoms with Crippen LogP contribution in [0.2, 0.25) is 0 Å². The number of aromatic nitrogens is 2. The van der Waals surface area contributed by atoms with Crippen molar-refractivity contribution in [3.63, 3.8) is 0 Å². The van der Waals surface area contributed by atoms with Crippen molar-refractivity contribution < 1.29 is 5.11 Å². The first-order chi connectivity index (χ1) is 16.3. The highest BCUT2D eigenvalue weighted by Crippen LogP contribution is 2.52. The summed E-state index contributed by atoms with van der Waals surface area (Å²) in [5, 5.41) is 12.5. The Bertz CT molecular complexity index is 1350. The molecule has 0 atom stereocenters. The summed E-state index contributed by atoms with van der Waals surface area (Å²) in [6, 6.07) is 36.0. The first-order valence-corrected chi connectivity index (χ1v) is 10.9. The van der Waals surface area contributed by atoms with Crippen LogP contribution >= 0.6 is 0 Å². The Morgan fingerprint density at radius 2 is 0.970 bits per heavy atom. The zero-order valence-electron chi connectivity index (χ0n) is 17.8. The lowest BCUT2D eigenvalue weighted by atomic mass is 9.83. The van der Waals surface area contributed by atoms with Crippen LogP contribution in [0.25, 0.3) is 11.4 Å². The number of anilines is 3. The predicted molar refractivity (Wildman–Crippen MR) is 131 cm³/mol. The van der Waals surface area contributed by atoms with Gasteiger partial charge in [0.1, 0.15) is 5.60 Å². The monoisotopic (exact) mass is 427 g/mol. The summed E-state index contributed by atoms with van der Waals surface area (Å²) in [7, 11) is 0. The summed E-state index contributed by atoms with van der Waals surface area (Å²) in [5.74, 6) is 0. The highest BCUT2D eigenvalue weighted by molar-refractivity contribution is 5.84. The van der Waals surface area contributed by atoms with Crippen LogP contribution in [0, 0.1) is 0 Å². The molecule has 0 radical (unpaired) electrons. The number of fused-ring (bicyclic) bond motifs is 3. The van der Waals surface area contributed by atoms with Gasteiger partial charge < -0.3 is 10.0 Å². The minimum Gasteiger partial charge on any atom is -0.376 e. The van der Waals surface area contributed by atoms with Crippen LogP contribution < -0.4 is 4.90 Å². The summed E-state index contributed by atoms with van der Waals surface area (Å²) in [6.07, 6.45) is 3.49. The van der Waals surface area contributed by atoms with Crippen LogP contribution in [0.3, 0.4) is 0 Å². The summed E-state index contributed by atoms with van der Waals surface area (Å²) in [6.45, 7) is 0. The van der Waals surface area contributed by atoms with Gasteiger partial charge in [-0.05, 0) is 42.5 Å². The van der Waals surface area contributed by atoms with Crippen molar-refractivity contribution in [2.24, 2.45) is 0 Å². The largest absolute Gasteiger partial charge is 0.376 e. The topological polar surface area (TPSA) is 49.2 Å². The molecule has 6 rings (SSSR count). The molecule has 2 heterocycles. The van der Waals surface area contributed by atoms with Gasteiger partial charge in [-0.1, -0.05) is 66.7 Å². The molecule has 4 nitrogen and oxygen atoms in total.